The molecule has 6 heteroatoms. The zero-order valence-electron chi connectivity index (χ0n) is 9.12. The third-order valence-electron chi connectivity index (χ3n) is 2.28. The topological polar surface area (TPSA) is 29.5 Å². The van der Waals surface area contributed by atoms with E-state index in [0.717, 1.165) is 21.5 Å². The molecule has 0 bridgehead atoms. The fourth-order valence-corrected chi connectivity index (χ4v) is 2.79. The number of thiophene rings is 1. The fourth-order valence-electron chi connectivity index (χ4n) is 1.41. The average molecular weight is 335 g/mol. The maximum absolute atomic E-state index is 13.5. The molecular formula is C12H9BrF2O2S. The Hall–Kier alpha value is -0.980. The largest absolute Gasteiger partial charge is 0.482 e. The van der Waals surface area contributed by atoms with Gasteiger partial charge in [0.25, 0.3) is 0 Å². The standard InChI is InChI=1S/C12H9BrF2O2S/c13-8-1-2-18-11(8)6-17-12-9(14)3-7(5-16)4-10(12)15/h1-4,16H,5-6H2. The lowest BCUT2D eigenvalue weighted by Crippen LogP contribution is -2.00. The molecule has 2 aromatic rings. The number of hydrogen-bond acceptors (Lipinski definition) is 3. The Kier molecular flexibility index (Phi) is 4.31. The molecule has 0 saturated carbocycles. The Morgan fingerprint density at radius 2 is 1.94 bits per heavy atom. The second-order valence-electron chi connectivity index (χ2n) is 3.53. The molecule has 18 heavy (non-hydrogen) atoms. The van der Waals surface area contributed by atoms with Gasteiger partial charge in [-0.2, -0.15) is 0 Å². The molecule has 0 spiro atoms. The van der Waals surface area contributed by atoms with Gasteiger partial charge in [-0.25, -0.2) is 8.78 Å². The summed E-state index contributed by atoms with van der Waals surface area (Å²) in [4.78, 5) is 0.847. The van der Waals surface area contributed by atoms with Gasteiger partial charge >= 0.3 is 0 Å². The minimum atomic E-state index is -0.813. The van der Waals surface area contributed by atoms with Gasteiger partial charge in [-0.3, -0.25) is 0 Å². The summed E-state index contributed by atoms with van der Waals surface area (Å²) >= 11 is 4.74. The van der Waals surface area contributed by atoms with Gasteiger partial charge in [0.2, 0.25) is 0 Å². The highest BCUT2D eigenvalue weighted by Gasteiger charge is 2.13. The van der Waals surface area contributed by atoms with Crippen LogP contribution in [0.3, 0.4) is 0 Å². The molecular weight excluding hydrogens is 326 g/mol. The van der Waals surface area contributed by atoms with E-state index in [4.69, 9.17) is 9.84 Å². The van der Waals surface area contributed by atoms with Crippen LogP contribution in [0.2, 0.25) is 0 Å². The molecule has 0 saturated heterocycles. The lowest BCUT2D eigenvalue weighted by molar-refractivity contribution is 0.267. The number of benzene rings is 1. The quantitative estimate of drug-likeness (QED) is 0.919. The highest BCUT2D eigenvalue weighted by molar-refractivity contribution is 9.10. The third kappa shape index (κ3) is 2.88. The monoisotopic (exact) mass is 334 g/mol. The third-order valence-corrected chi connectivity index (χ3v) is 4.18. The Labute approximate surface area is 115 Å². The van der Waals surface area contributed by atoms with E-state index < -0.39 is 24.0 Å². The van der Waals surface area contributed by atoms with E-state index in [1.54, 1.807) is 0 Å². The van der Waals surface area contributed by atoms with Gasteiger partial charge in [0, 0.05) is 4.47 Å². The molecule has 1 heterocycles. The second kappa shape index (κ2) is 5.77. The molecule has 2 nitrogen and oxygen atoms in total. The van der Waals surface area contributed by atoms with Crippen molar-refractivity contribution in [3.8, 4) is 5.75 Å². The number of halogens is 3. The summed E-state index contributed by atoms with van der Waals surface area (Å²) in [5, 5.41) is 10.7. The van der Waals surface area contributed by atoms with Crippen molar-refractivity contribution in [2.75, 3.05) is 0 Å². The Balaban J connectivity index is 2.17. The van der Waals surface area contributed by atoms with E-state index in [2.05, 4.69) is 15.9 Å². The first-order chi connectivity index (χ1) is 8.61. The van der Waals surface area contributed by atoms with Gasteiger partial charge in [-0.15, -0.1) is 11.3 Å². The first-order valence-electron chi connectivity index (χ1n) is 5.05. The second-order valence-corrected chi connectivity index (χ2v) is 5.38. The maximum Gasteiger partial charge on any atom is 0.191 e. The molecule has 0 amide bonds. The van der Waals surface area contributed by atoms with Crippen LogP contribution in [0.15, 0.2) is 28.1 Å². The molecule has 1 aromatic heterocycles. The van der Waals surface area contributed by atoms with Crippen molar-refractivity contribution in [1.82, 2.24) is 0 Å². The van der Waals surface area contributed by atoms with Gasteiger partial charge in [-0.1, -0.05) is 0 Å². The number of ether oxygens (including phenoxy) is 1. The Bertz CT molecular complexity index is 534. The lowest BCUT2D eigenvalue weighted by Gasteiger charge is -2.09. The SMILES string of the molecule is OCc1cc(F)c(OCc2sccc2Br)c(F)c1. The fraction of sp³-hybridized carbons (Fsp3) is 0.167. The van der Waals surface area contributed by atoms with Crippen LogP contribution in [0.5, 0.6) is 5.75 Å². The molecule has 0 aliphatic heterocycles. The minimum Gasteiger partial charge on any atom is -0.482 e. The van der Waals surface area contributed by atoms with E-state index >= 15 is 0 Å². The van der Waals surface area contributed by atoms with Crippen LogP contribution < -0.4 is 4.74 Å². The van der Waals surface area contributed by atoms with Gasteiger partial charge in [0.15, 0.2) is 17.4 Å². The predicted octanol–water partition coefficient (Wildman–Crippen LogP) is 3.86. The molecule has 0 atom stereocenters. The van der Waals surface area contributed by atoms with E-state index in [9.17, 15) is 8.78 Å². The number of aliphatic hydroxyl groups excluding tert-OH is 1. The number of rotatable bonds is 4. The minimum absolute atomic E-state index is 0.0879. The molecule has 0 fully saturated rings. The van der Waals surface area contributed by atoms with Crippen molar-refractivity contribution in [2.45, 2.75) is 13.2 Å². The van der Waals surface area contributed by atoms with Crippen LogP contribution in [0.25, 0.3) is 0 Å². The van der Waals surface area contributed by atoms with Crippen LogP contribution in [-0.4, -0.2) is 5.11 Å². The summed E-state index contributed by atoms with van der Waals surface area (Å²) in [6.07, 6.45) is 0. The first kappa shape index (κ1) is 13.5. The van der Waals surface area contributed by atoms with E-state index in [-0.39, 0.29) is 12.2 Å². The average Bonchev–Trinajstić information content (AvgIpc) is 2.73. The maximum atomic E-state index is 13.5. The van der Waals surface area contributed by atoms with Crippen molar-refractivity contribution in [2.24, 2.45) is 0 Å². The zero-order valence-corrected chi connectivity index (χ0v) is 11.5. The van der Waals surface area contributed by atoms with Gasteiger partial charge in [-0.05, 0) is 45.1 Å². The molecule has 96 valence electrons. The number of aliphatic hydroxyl groups is 1. The molecule has 1 N–H and O–H groups in total. The first-order valence-corrected chi connectivity index (χ1v) is 6.72. The van der Waals surface area contributed by atoms with Crippen molar-refractivity contribution in [3.63, 3.8) is 0 Å². The van der Waals surface area contributed by atoms with Crippen molar-refractivity contribution in [3.05, 3.63) is 50.1 Å². The summed E-state index contributed by atoms with van der Waals surface area (Å²) in [6, 6.07) is 3.95. The predicted molar refractivity (Wildman–Crippen MR) is 68.6 cm³/mol. The van der Waals surface area contributed by atoms with Gasteiger partial charge in [0.1, 0.15) is 6.61 Å². The Morgan fingerprint density at radius 3 is 2.44 bits per heavy atom. The van der Waals surface area contributed by atoms with Crippen LogP contribution >= 0.6 is 27.3 Å². The Morgan fingerprint density at radius 1 is 1.28 bits per heavy atom. The molecule has 1 aromatic carbocycles. The van der Waals surface area contributed by atoms with Gasteiger partial charge < -0.3 is 9.84 Å². The highest BCUT2D eigenvalue weighted by atomic mass is 79.9. The van der Waals surface area contributed by atoms with Crippen LogP contribution in [0.1, 0.15) is 10.4 Å². The molecule has 0 aliphatic carbocycles. The smallest absolute Gasteiger partial charge is 0.191 e. The van der Waals surface area contributed by atoms with Crippen molar-refractivity contribution in [1.29, 1.82) is 0 Å². The number of hydrogen-bond donors (Lipinski definition) is 1. The molecule has 0 radical (unpaired) electrons. The van der Waals surface area contributed by atoms with Crippen LogP contribution in [-0.2, 0) is 13.2 Å². The van der Waals surface area contributed by atoms with Crippen molar-refractivity contribution < 1.29 is 18.6 Å². The van der Waals surface area contributed by atoms with Gasteiger partial charge in [0.05, 0.1) is 11.5 Å². The van der Waals surface area contributed by atoms with Crippen LogP contribution in [0, 0.1) is 11.6 Å². The normalized spacial score (nSPS) is 10.7. The highest BCUT2D eigenvalue weighted by Crippen LogP contribution is 2.27. The summed E-state index contributed by atoms with van der Waals surface area (Å²) < 4.78 is 33.1. The summed E-state index contributed by atoms with van der Waals surface area (Å²) in [5.41, 5.74) is 0.176. The molecule has 2 rings (SSSR count). The van der Waals surface area contributed by atoms with E-state index in [1.807, 2.05) is 11.4 Å². The van der Waals surface area contributed by atoms with Crippen molar-refractivity contribution >= 4 is 27.3 Å². The summed E-state index contributed by atoms with van der Waals surface area (Å²) in [5.74, 6) is -2.05. The van der Waals surface area contributed by atoms with E-state index in [1.165, 1.54) is 11.3 Å². The summed E-state index contributed by atoms with van der Waals surface area (Å²) in [6.45, 7) is -0.324. The lowest BCUT2D eigenvalue weighted by atomic mass is 10.2. The summed E-state index contributed by atoms with van der Waals surface area (Å²) in [7, 11) is 0. The van der Waals surface area contributed by atoms with E-state index in [0.29, 0.717) is 0 Å². The molecule has 0 aliphatic rings. The molecule has 0 unspecified atom stereocenters. The van der Waals surface area contributed by atoms with Crippen LogP contribution in [0.4, 0.5) is 8.78 Å². The zero-order chi connectivity index (χ0) is 13.1.